The van der Waals surface area contributed by atoms with Crippen molar-refractivity contribution in [1.82, 2.24) is 0 Å². The van der Waals surface area contributed by atoms with E-state index in [9.17, 15) is 4.79 Å². The molecule has 0 N–H and O–H groups in total. The molecule has 0 bridgehead atoms. The van der Waals surface area contributed by atoms with Gasteiger partial charge in [-0.3, -0.25) is 0 Å². The first-order valence-electron chi connectivity index (χ1n) is 8.34. The molecule has 3 aromatic carbocycles. The molecule has 2 heteroatoms. The van der Waals surface area contributed by atoms with E-state index in [0.29, 0.717) is 12.2 Å². The highest BCUT2D eigenvalue weighted by molar-refractivity contribution is 5.99. The number of benzene rings is 3. The van der Waals surface area contributed by atoms with Crippen LogP contribution in [0.25, 0.3) is 21.5 Å². The summed E-state index contributed by atoms with van der Waals surface area (Å²) in [5, 5.41) is 4.96. The van der Waals surface area contributed by atoms with E-state index in [1.54, 1.807) is 0 Å². The summed E-state index contributed by atoms with van der Waals surface area (Å²) in [6, 6.07) is 19.2. The summed E-state index contributed by atoms with van der Waals surface area (Å²) in [7, 11) is 0. The third-order valence-corrected chi connectivity index (χ3v) is 4.51. The summed E-state index contributed by atoms with van der Waals surface area (Å²) in [4.78, 5) is 11.9. The van der Waals surface area contributed by atoms with Gasteiger partial charge < -0.3 is 4.74 Å². The Morgan fingerprint density at radius 3 is 2.29 bits per heavy atom. The van der Waals surface area contributed by atoms with E-state index in [1.165, 1.54) is 27.1 Å². The van der Waals surface area contributed by atoms with Crippen molar-refractivity contribution in [2.75, 3.05) is 6.61 Å². The standard InChI is InChI=1S/C22H22O2/c1-4-24-22(23)16(3)15(2)12-19-10-7-11-20-13-17-8-5-6-9-18(17)14-21(19)20/h5-11,13-14H,4,12H2,1-3H3. The molecule has 0 saturated carbocycles. The number of hydrogen-bond acceptors (Lipinski definition) is 2. The minimum Gasteiger partial charge on any atom is -0.463 e. The van der Waals surface area contributed by atoms with Gasteiger partial charge in [-0.15, -0.1) is 0 Å². The molecule has 0 unspecified atom stereocenters. The van der Waals surface area contributed by atoms with Crippen molar-refractivity contribution in [1.29, 1.82) is 0 Å². The van der Waals surface area contributed by atoms with Gasteiger partial charge >= 0.3 is 5.97 Å². The molecule has 0 amide bonds. The second-order valence-corrected chi connectivity index (χ2v) is 6.14. The molecule has 24 heavy (non-hydrogen) atoms. The largest absolute Gasteiger partial charge is 0.463 e. The first-order chi connectivity index (χ1) is 11.6. The van der Waals surface area contributed by atoms with Gasteiger partial charge in [0.25, 0.3) is 0 Å². The van der Waals surface area contributed by atoms with E-state index >= 15 is 0 Å². The SMILES string of the molecule is CCOC(=O)C(C)=C(C)Cc1cccc2cc3ccccc3cc12. The number of carbonyl (C=O) groups excluding carboxylic acids is 1. The zero-order valence-electron chi connectivity index (χ0n) is 14.4. The molecule has 3 rings (SSSR count). The minimum atomic E-state index is -0.222. The van der Waals surface area contributed by atoms with E-state index in [2.05, 4.69) is 54.6 Å². The van der Waals surface area contributed by atoms with Crippen LogP contribution >= 0.6 is 0 Å². The van der Waals surface area contributed by atoms with E-state index < -0.39 is 0 Å². The zero-order valence-corrected chi connectivity index (χ0v) is 14.4. The average Bonchev–Trinajstić information content (AvgIpc) is 2.60. The fraction of sp³-hybridized carbons (Fsp3) is 0.227. The van der Waals surface area contributed by atoms with Crippen LogP contribution in [-0.4, -0.2) is 12.6 Å². The number of carbonyl (C=O) groups is 1. The van der Waals surface area contributed by atoms with E-state index in [1.807, 2.05) is 20.8 Å². The van der Waals surface area contributed by atoms with Crippen LogP contribution in [0.5, 0.6) is 0 Å². The van der Waals surface area contributed by atoms with Gasteiger partial charge in [0.2, 0.25) is 0 Å². The molecular formula is C22H22O2. The lowest BCUT2D eigenvalue weighted by Crippen LogP contribution is -2.08. The Bertz CT molecular complexity index is 935. The molecule has 3 aromatic rings. The Hall–Kier alpha value is -2.61. The molecule has 0 fully saturated rings. The number of fused-ring (bicyclic) bond motifs is 2. The maximum atomic E-state index is 11.9. The Balaban J connectivity index is 2.05. The summed E-state index contributed by atoms with van der Waals surface area (Å²) < 4.78 is 5.11. The van der Waals surface area contributed by atoms with E-state index in [4.69, 9.17) is 4.74 Å². The summed E-state index contributed by atoms with van der Waals surface area (Å²) in [6.07, 6.45) is 0.750. The van der Waals surface area contributed by atoms with Crippen LogP contribution in [-0.2, 0) is 16.0 Å². The minimum absolute atomic E-state index is 0.222. The van der Waals surface area contributed by atoms with Crippen LogP contribution in [0.15, 0.2) is 65.7 Å². The van der Waals surface area contributed by atoms with Crippen molar-refractivity contribution in [3.05, 3.63) is 71.3 Å². The summed E-state index contributed by atoms with van der Waals surface area (Å²) in [5.74, 6) is -0.222. The third-order valence-electron chi connectivity index (χ3n) is 4.51. The second kappa shape index (κ2) is 6.88. The quantitative estimate of drug-likeness (QED) is 0.364. The Morgan fingerprint density at radius 1 is 0.917 bits per heavy atom. The molecule has 0 aromatic heterocycles. The second-order valence-electron chi connectivity index (χ2n) is 6.14. The highest BCUT2D eigenvalue weighted by atomic mass is 16.5. The average molecular weight is 318 g/mol. The van der Waals surface area contributed by atoms with Gasteiger partial charge in [-0.05, 0) is 66.4 Å². The first kappa shape index (κ1) is 16.3. The zero-order chi connectivity index (χ0) is 17.1. The Kier molecular flexibility index (Phi) is 4.66. The molecule has 0 spiro atoms. The fourth-order valence-corrected chi connectivity index (χ4v) is 3.02. The Morgan fingerprint density at radius 2 is 1.58 bits per heavy atom. The van der Waals surface area contributed by atoms with Crippen molar-refractivity contribution in [2.45, 2.75) is 27.2 Å². The normalized spacial score (nSPS) is 12.3. The van der Waals surface area contributed by atoms with Crippen molar-refractivity contribution in [3.8, 4) is 0 Å². The lowest BCUT2D eigenvalue weighted by Gasteiger charge is -2.11. The molecule has 0 aliphatic heterocycles. The molecule has 0 aliphatic carbocycles. The van der Waals surface area contributed by atoms with Gasteiger partial charge in [0.15, 0.2) is 0 Å². The number of esters is 1. The van der Waals surface area contributed by atoms with Crippen LogP contribution in [0.4, 0.5) is 0 Å². The predicted octanol–water partition coefficient (Wildman–Crippen LogP) is 5.44. The fourth-order valence-electron chi connectivity index (χ4n) is 3.02. The monoisotopic (exact) mass is 318 g/mol. The van der Waals surface area contributed by atoms with Gasteiger partial charge in [-0.25, -0.2) is 4.79 Å². The summed E-state index contributed by atoms with van der Waals surface area (Å²) in [5.41, 5.74) is 2.99. The van der Waals surface area contributed by atoms with Crippen molar-refractivity contribution < 1.29 is 9.53 Å². The Labute approximate surface area is 142 Å². The first-order valence-corrected chi connectivity index (χ1v) is 8.34. The van der Waals surface area contributed by atoms with Crippen LogP contribution < -0.4 is 0 Å². The third kappa shape index (κ3) is 3.18. The summed E-state index contributed by atoms with van der Waals surface area (Å²) in [6.45, 7) is 6.08. The van der Waals surface area contributed by atoms with Crippen LogP contribution in [0.3, 0.4) is 0 Å². The van der Waals surface area contributed by atoms with Gasteiger partial charge in [0.1, 0.15) is 0 Å². The predicted molar refractivity (Wildman–Crippen MR) is 100 cm³/mol. The molecule has 122 valence electrons. The van der Waals surface area contributed by atoms with E-state index in [-0.39, 0.29) is 5.97 Å². The lowest BCUT2D eigenvalue weighted by molar-refractivity contribution is -0.138. The van der Waals surface area contributed by atoms with Gasteiger partial charge in [-0.2, -0.15) is 0 Å². The smallest absolute Gasteiger partial charge is 0.333 e. The highest BCUT2D eigenvalue weighted by Crippen LogP contribution is 2.27. The molecule has 0 atom stereocenters. The molecular weight excluding hydrogens is 296 g/mol. The van der Waals surface area contributed by atoms with Crippen LogP contribution in [0, 0.1) is 0 Å². The molecule has 2 nitrogen and oxygen atoms in total. The number of allylic oxidation sites excluding steroid dienone is 1. The molecule has 0 heterocycles. The van der Waals surface area contributed by atoms with Crippen LogP contribution in [0.2, 0.25) is 0 Å². The van der Waals surface area contributed by atoms with Crippen molar-refractivity contribution in [2.24, 2.45) is 0 Å². The molecule has 0 radical (unpaired) electrons. The molecule has 0 aliphatic rings. The number of rotatable bonds is 4. The molecule has 0 saturated heterocycles. The maximum Gasteiger partial charge on any atom is 0.333 e. The lowest BCUT2D eigenvalue weighted by atomic mass is 9.95. The van der Waals surface area contributed by atoms with Crippen molar-refractivity contribution >= 4 is 27.5 Å². The maximum absolute atomic E-state index is 11.9. The van der Waals surface area contributed by atoms with Gasteiger partial charge in [0.05, 0.1) is 6.61 Å². The highest BCUT2D eigenvalue weighted by Gasteiger charge is 2.10. The van der Waals surface area contributed by atoms with Gasteiger partial charge in [-0.1, -0.05) is 48.0 Å². The number of ether oxygens (including phenoxy) is 1. The van der Waals surface area contributed by atoms with Crippen molar-refractivity contribution in [3.63, 3.8) is 0 Å². The summed E-state index contributed by atoms with van der Waals surface area (Å²) >= 11 is 0. The topological polar surface area (TPSA) is 26.3 Å². The van der Waals surface area contributed by atoms with Crippen LogP contribution in [0.1, 0.15) is 26.3 Å². The van der Waals surface area contributed by atoms with Gasteiger partial charge in [0, 0.05) is 5.57 Å². The van der Waals surface area contributed by atoms with E-state index in [0.717, 1.165) is 12.0 Å². The number of hydrogen-bond donors (Lipinski definition) is 0.